The summed E-state index contributed by atoms with van der Waals surface area (Å²) in [6.45, 7) is 0.481. The zero-order valence-electron chi connectivity index (χ0n) is 24.6. The second-order valence-corrected chi connectivity index (χ2v) is 10.4. The van der Waals surface area contributed by atoms with Crippen LogP contribution in [0.25, 0.3) is 11.5 Å². The molecular weight excluding hydrogens is 583 g/mol. The van der Waals surface area contributed by atoms with E-state index in [2.05, 4.69) is 25.7 Å². The number of hydrogen-bond acceptors (Lipinski definition) is 10. The summed E-state index contributed by atoms with van der Waals surface area (Å²) in [4.78, 5) is 49.0. The number of nitrogens with zero attached hydrogens (tertiary/aromatic N) is 6. The Morgan fingerprint density at radius 3 is 2.53 bits per heavy atom. The summed E-state index contributed by atoms with van der Waals surface area (Å²) in [5, 5.41) is 10.3. The van der Waals surface area contributed by atoms with Crippen molar-refractivity contribution in [3.05, 3.63) is 100 Å². The first-order valence-corrected chi connectivity index (χ1v) is 14.0. The third kappa shape index (κ3) is 6.02. The number of rotatable bonds is 10. The van der Waals surface area contributed by atoms with Crippen LogP contribution in [0.15, 0.2) is 78.0 Å². The molecule has 1 saturated carbocycles. The van der Waals surface area contributed by atoms with Crippen molar-refractivity contribution in [3.8, 4) is 11.6 Å². The van der Waals surface area contributed by atoms with E-state index in [-0.39, 0.29) is 29.2 Å². The Morgan fingerprint density at radius 2 is 1.87 bits per heavy atom. The molecule has 1 aliphatic rings. The van der Waals surface area contributed by atoms with Gasteiger partial charge >= 0.3 is 5.97 Å². The van der Waals surface area contributed by atoms with Crippen LogP contribution in [0.3, 0.4) is 0 Å². The highest BCUT2D eigenvalue weighted by Gasteiger charge is 2.39. The lowest BCUT2D eigenvalue weighted by molar-refractivity contribution is 0.0600. The third-order valence-electron chi connectivity index (χ3n) is 7.33. The molecular formula is C31H29FN8O5. The Balaban J connectivity index is 1.36. The summed E-state index contributed by atoms with van der Waals surface area (Å²) in [6.07, 6.45) is 3.45. The van der Waals surface area contributed by atoms with Crippen LogP contribution in [0.5, 0.6) is 5.75 Å². The van der Waals surface area contributed by atoms with Gasteiger partial charge in [-0.1, -0.05) is 12.1 Å². The Bertz CT molecular complexity index is 1940. The van der Waals surface area contributed by atoms with Crippen molar-refractivity contribution in [1.82, 2.24) is 29.5 Å². The van der Waals surface area contributed by atoms with Gasteiger partial charge in [0.05, 0.1) is 37.7 Å². The number of carbonyl (C=O) groups is 2. The number of amides is 1. The number of imidazole rings is 1. The minimum atomic E-state index is -1.07. The molecule has 1 fully saturated rings. The molecule has 2 N–H and O–H groups in total. The maximum atomic E-state index is 13.6. The molecule has 0 bridgehead atoms. The van der Waals surface area contributed by atoms with Crippen LogP contribution in [0.2, 0.25) is 0 Å². The number of carbonyl (C=O) groups excluding carboxylic acids is 2. The van der Waals surface area contributed by atoms with Gasteiger partial charge in [-0.2, -0.15) is 0 Å². The topological polar surface area (TPSA) is 145 Å². The number of fused-ring (bicyclic) bond motifs is 1. The molecule has 0 saturated heterocycles. The molecule has 0 spiro atoms. The minimum Gasteiger partial charge on any atom is -0.497 e. The second-order valence-electron chi connectivity index (χ2n) is 10.4. The molecule has 45 heavy (non-hydrogen) atoms. The van der Waals surface area contributed by atoms with Crippen LogP contribution in [0.1, 0.15) is 32.8 Å². The Kier molecular flexibility index (Phi) is 7.86. The summed E-state index contributed by atoms with van der Waals surface area (Å²) in [5.41, 5.74) is 2.12. The van der Waals surface area contributed by atoms with Gasteiger partial charge in [0, 0.05) is 38.5 Å². The Morgan fingerprint density at radius 1 is 1.09 bits per heavy atom. The van der Waals surface area contributed by atoms with Crippen LogP contribution in [-0.4, -0.2) is 69.5 Å². The van der Waals surface area contributed by atoms with Crippen molar-refractivity contribution in [3.63, 3.8) is 0 Å². The maximum Gasteiger partial charge on any atom is 0.339 e. The molecule has 4 heterocycles. The summed E-state index contributed by atoms with van der Waals surface area (Å²) in [7, 11) is 4.75. The number of methoxy groups -OCH3 is 2. The fourth-order valence-electron chi connectivity index (χ4n) is 4.77. The van der Waals surface area contributed by atoms with Crippen LogP contribution < -0.4 is 25.8 Å². The number of esters is 1. The smallest absolute Gasteiger partial charge is 0.339 e. The van der Waals surface area contributed by atoms with Crippen molar-refractivity contribution >= 4 is 34.7 Å². The van der Waals surface area contributed by atoms with Gasteiger partial charge in [0.25, 0.3) is 11.5 Å². The summed E-state index contributed by atoms with van der Waals surface area (Å²) < 4.78 is 26.2. The Labute approximate surface area is 256 Å². The van der Waals surface area contributed by atoms with E-state index in [1.54, 1.807) is 31.5 Å². The van der Waals surface area contributed by atoms with Gasteiger partial charge in [-0.15, -0.1) is 5.10 Å². The fourth-order valence-corrected chi connectivity index (χ4v) is 4.77. The van der Waals surface area contributed by atoms with E-state index in [9.17, 15) is 18.8 Å². The van der Waals surface area contributed by atoms with Crippen molar-refractivity contribution in [1.29, 1.82) is 0 Å². The van der Waals surface area contributed by atoms with Crippen molar-refractivity contribution in [2.45, 2.75) is 25.2 Å². The van der Waals surface area contributed by atoms with E-state index in [4.69, 9.17) is 9.47 Å². The number of nitrogens with one attached hydrogen (secondary N) is 2. The van der Waals surface area contributed by atoms with E-state index in [1.165, 1.54) is 40.7 Å². The van der Waals surface area contributed by atoms with E-state index < -0.39 is 29.6 Å². The molecule has 13 nitrogen and oxygen atoms in total. The van der Waals surface area contributed by atoms with Gasteiger partial charge in [0.15, 0.2) is 17.2 Å². The van der Waals surface area contributed by atoms with Gasteiger partial charge in [0.2, 0.25) is 0 Å². The maximum absolute atomic E-state index is 13.6. The third-order valence-corrected chi connectivity index (χ3v) is 7.33. The standard InChI is InChI=1S/C31H29FN8O5/c1-38(17-18-6-9-20(44-2)10-7-18)24-14-26(37-40-25(16-34-28(24)40)29(41)36-23-13-21(23)32)35-22-5-4-12-39(30(22)42)27-11-8-19(15-33-27)31(43)45-3/h4-12,14-16,21,23H,13,17H2,1-3H3,(H,35,37)(H,36,41)/t21-,23+/m0/s1. The highest BCUT2D eigenvalue weighted by Crippen LogP contribution is 2.28. The van der Waals surface area contributed by atoms with Gasteiger partial charge in [-0.05, 0) is 42.0 Å². The fraction of sp³-hybridized carbons (Fsp3) is 0.226. The molecule has 14 heteroatoms. The molecule has 6 rings (SSSR count). The van der Waals surface area contributed by atoms with Crippen LogP contribution >= 0.6 is 0 Å². The molecule has 2 atom stereocenters. The predicted molar refractivity (Wildman–Crippen MR) is 163 cm³/mol. The predicted octanol–water partition coefficient (Wildman–Crippen LogP) is 3.29. The van der Waals surface area contributed by atoms with Crippen molar-refractivity contribution in [2.75, 3.05) is 31.5 Å². The minimum absolute atomic E-state index is 0.118. The molecule has 0 aliphatic heterocycles. The summed E-state index contributed by atoms with van der Waals surface area (Å²) in [6, 6.07) is 15.1. The molecule has 1 amide bonds. The average molecular weight is 613 g/mol. The molecule has 0 radical (unpaired) electrons. The molecule has 230 valence electrons. The largest absolute Gasteiger partial charge is 0.497 e. The van der Waals surface area contributed by atoms with Gasteiger partial charge in [0.1, 0.15) is 23.4 Å². The van der Waals surface area contributed by atoms with E-state index in [0.717, 1.165) is 11.3 Å². The lowest BCUT2D eigenvalue weighted by Gasteiger charge is -2.21. The number of anilines is 3. The summed E-state index contributed by atoms with van der Waals surface area (Å²) >= 11 is 0. The lowest BCUT2D eigenvalue weighted by atomic mass is 10.2. The lowest BCUT2D eigenvalue weighted by Crippen LogP contribution is -2.28. The first-order valence-electron chi connectivity index (χ1n) is 14.0. The monoisotopic (exact) mass is 612 g/mol. The van der Waals surface area contributed by atoms with Crippen LogP contribution in [-0.2, 0) is 11.3 Å². The van der Waals surface area contributed by atoms with Gasteiger partial charge in [-0.3, -0.25) is 14.2 Å². The average Bonchev–Trinajstić information content (AvgIpc) is 3.57. The molecule has 1 aliphatic carbocycles. The summed E-state index contributed by atoms with van der Waals surface area (Å²) in [5.74, 6) is 0.228. The molecule has 5 aromatic rings. The number of halogens is 1. The zero-order chi connectivity index (χ0) is 31.7. The number of pyridine rings is 2. The van der Waals surface area contributed by atoms with Crippen molar-refractivity contribution in [2.24, 2.45) is 0 Å². The number of hydrogen-bond donors (Lipinski definition) is 2. The highest BCUT2D eigenvalue weighted by molar-refractivity contribution is 5.94. The first-order chi connectivity index (χ1) is 21.7. The van der Waals surface area contributed by atoms with Crippen LogP contribution in [0.4, 0.5) is 21.6 Å². The zero-order valence-corrected chi connectivity index (χ0v) is 24.6. The first kappa shape index (κ1) is 29.3. The number of ether oxygens (including phenoxy) is 2. The molecule has 4 aromatic heterocycles. The Hall–Kier alpha value is -5.79. The number of benzene rings is 1. The highest BCUT2D eigenvalue weighted by atomic mass is 19.1. The molecule has 1 aromatic carbocycles. The van der Waals surface area contributed by atoms with Gasteiger partial charge in [-0.25, -0.2) is 23.7 Å². The second kappa shape index (κ2) is 12.1. The van der Waals surface area contributed by atoms with Crippen LogP contribution in [0, 0.1) is 0 Å². The van der Waals surface area contributed by atoms with Crippen molar-refractivity contribution < 1.29 is 23.5 Å². The van der Waals surface area contributed by atoms with E-state index in [0.29, 0.717) is 23.7 Å². The van der Waals surface area contributed by atoms with E-state index >= 15 is 0 Å². The van der Waals surface area contributed by atoms with E-state index in [1.807, 2.05) is 36.2 Å². The van der Waals surface area contributed by atoms with Gasteiger partial charge < -0.3 is 25.0 Å². The number of aromatic nitrogens is 5. The quantitative estimate of drug-likeness (QED) is 0.225. The normalized spacial score (nSPS) is 15.4. The SMILES string of the molecule is COC(=O)c1ccc(-n2cccc(Nc3cc(N(C)Cc4ccc(OC)cc4)c4ncc(C(=O)N[C@@H]5C[C@@H]5F)n4n3)c2=O)nc1. The molecule has 0 unspecified atom stereocenters. The number of alkyl halides is 1.